The quantitative estimate of drug-likeness (QED) is 0.499. The third-order valence-electron chi connectivity index (χ3n) is 4.24. The van der Waals surface area contributed by atoms with Crippen LogP contribution in [0.4, 0.5) is 0 Å². The molecule has 0 N–H and O–H groups in total. The van der Waals surface area contributed by atoms with Crippen molar-refractivity contribution in [3.05, 3.63) is 23.8 Å². The molecule has 0 aromatic carbocycles. The van der Waals surface area contributed by atoms with Crippen molar-refractivity contribution < 1.29 is 0 Å². The monoisotopic (exact) mass is 190 g/mol. The minimum atomic E-state index is 0.431. The molecular weight excluding hydrogens is 168 g/mol. The Morgan fingerprint density at radius 2 is 2.00 bits per heavy atom. The van der Waals surface area contributed by atoms with E-state index in [2.05, 4.69) is 45.9 Å². The zero-order valence-electron chi connectivity index (χ0n) is 9.93. The summed E-state index contributed by atoms with van der Waals surface area (Å²) in [5, 5.41) is 0. The van der Waals surface area contributed by atoms with E-state index in [1.165, 1.54) is 19.3 Å². The van der Waals surface area contributed by atoms with Gasteiger partial charge in [-0.1, -0.05) is 44.6 Å². The molecule has 2 aliphatic carbocycles. The average molecular weight is 190 g/mol. The molecule has 0 amide bonds. The number of rotatable bonds is 0. The first-order valence-corrected chi connectivity index (χ1v) is 5.77. The first-order chi connectivity index (χ1) is 6.44. The van der Waals surface area contributed by atoms with E-state index < -0.39 is 0 Å². The highest BCUT2D eigenvalue weighted by Crippen LogP contribution is 2.54. The Morgan fingerprint density at radius 1 is 1.29 bits per heavy atom. The van der Waals surface area contributed by atoms with E-state index in [4.69, 9.17) is 0 Å². The maximum Gasteiger partial charge on any atom is -0.00731 e. The second-order valence-corrected chi connectivity index (χ2v) is 6.12. The number of allylic oxidation sites excluding steroid dienone is 4. The van der Waals surface area contributed by atoms with Crippen molar-refractivity contribution in [2.45, 2.75) is 47.0 Å². The molecule has 0 fully saturated rings. The Kier molecular flexibility index (Phi) is 2.13. The molecule has 2 atom stereocenters. The van der Waals surface area contributed by atoms with Gasteiger partial charge in [-0.05, 0) is 42.9 Å². The molecule has 0 spiro atoms. The first-order valence-electron chi connectivity index (χ1n) is 5.77. The minimum absolute atomic E-state index is 0.431. The van der Waals surface area contributed by atoms with Crippen molar-refractivity contribution >= 4 is 0 Å². The highest BCUT2D eigenvalue weighted by atomic mass is 14.5. The Hall–Kier alpha value is -0.520. The van der Waals surface area contributed by atoms with Crippen LogP contribution in [0.25, 0.3) is 0 Å². The molecule has 78 valence electrons. The van der Waals surface area contributed by atoms with Gasteiger partial charge in [-0.3, -0.25) is 0 Å². The minimum Gasteiger partial charge on any atom is -0.0874 e. The van der Waals surface area contributed by atoms with Gasteiger partial charge in [0.2, 0.25) is 0 Å². The lowest BCUT2D eigenvalue weighted by Gasteiger charge is -2.50. The number of hydrogen-bond donors (Lipinski definition) is 0. The van der Waals surface area contributed by atoms with Crippen LogP contribution >= 0.6 is 0 Å². The van der Waals surface area contributed by atoms with Crippen LogP contribution in [-0.2, 0) is 0 Å². The van der Waals surface area contributed by atoms with Gasteiger partial charge in [0, 0.05) is 0 Å². The Labute approximate surface area is 88.1 Å². The van der Waals surface area contributed by atoms with Crippen LogP contribution < -0.4 is 0 Å². The first kappa shape index (κ1) is 10.0. The van der Waals surface area contributed by atoms with Gasteiger partial charge in [-0.2, -0.15) is 0 Å². The van der Waals surface area contributed by atoms with Crippen LogP contribution in [0.1, 0.15) is 47.0 Å². The molecule has 0 bridgehead atoms. The molecule has 2 aliphatic rings. The fourth-order valence-corrected chi connectivity index (χ4v) is 3.55. The zero-order valence-corrected chi connectivity index (χ0v) is 9.93. The lowest BCUT2D eigenvalue weighted by molar-refractivity contribution is 0.0780. The summed E-state index contributed by atoms with van der Waals surface area (Å²) in [4.78, 5) is 0. The van der Waals surface area contributed by atoms with Crippen LogP contribution in [-0.4, -0.2) is 0 Å². The molecule has 0 saturated heterocycles. The molecular formula is C14H22. The molecule has 0 nitrogen and oxygen atoms in total. The Morgan fingerprint density at radius 3 is 2.71 bits per heavy atom. The third kappa shape index (κ3) is 1.45. The molecule has 0 heterocycles. The summed E-state index contributed by atoms with van der Waals surface area (Å²) in [5.41, 5.74) is 2.49. The zero-order chi connectivity index (χ0) is 10.4. The predicted octanol–water partition coefficient (Wildman–Crippen LogP) is 4.34. The summed E-state index contributed by atoms with van der Waals surface area (Å²) in [6, 6.07) is 0. The molecule has 0 heteroatoms. The van der Waals surface area contributed by atoms with Crippen LogP contribution in [0.2, 0.25) is 0 Å². The van der Waals surface area contributed by atoms with Gasteiger partial charge in [-0.15, -0.1) is 0 Å². The van der Waals surface area contributed by atoms with Crippen LogP contribution in [0.15, 0.2) is 23.8 Å². The summed E-state index contributed by atoms with van der Waals surface area (Å²) >= 11 is 0. The molecule has 0 radical (unpaired) electrons. The molecule has 0 aromatic heterocycles. The largest absolute Gasteiger partial charge is 0.0874 e. The normalized spacial score (nSPS) is 40.3. The third-order valence-corrected chi connectivity index (χ3v) is 4.24. The summed E-state index contributed by atoms with van der Waals surface area (Å²) in [6.45, 7) is 9.56. The van der Waals surface area contributed by atoms with Crippen molar-refractivity contribution in [1.82, 2.24) is 0 Å². The topological polar surface area (TPSA) is 0 Å². The van der Waals surface area contributed by atoms with Crippen LogP contribution in [0, 0.1) is 16.7 Å². The fraction of sp³-hybridized carbons (Fsp3) is 0.714. The van der Waals surface area contributed by atoms with E-state index in [1.807, 2.05) is 0 Å². The van der Waals surface area contributed by atoms with E-state index >= 15 is 0 Å². The fourth-order valence-electron chi connectivity index (χ4n) is 3.55. The van der Waals surface area contributed by atoms with Gasteiger partial charge < -0.3 is 0 Å². The van der Waals surface area contributed by atoms with Crippen molar-refractivity contribution in [1.29, 1.82) is 0 Å². The van der Waals surface area contributed by atoms with Gasteiger partial charge in [0.1, 0.15) is 0 Å². The van der Waals surface area contributed by atoms with E-state index in [1.54, 1.807) is 5.57 Å². The lowest BCUT2D eigenvalue weighted by Crippen LogP contribution is -2.41. The summed E-state index contributed by atoms with van der Waals surface area (Å²) in [5.74, 6) is 0.837. The predicted molar refractivity (Wildman–Crippen MR) is 62.1 cm³/mol. The second-order valence-electron chi connectivity index (χ2n) is 6.12. The summed E-state index contributed by atoms with van der Waals surface area (Å²) < 4.78 is 0. The van der Waals surface area contributed by atoms with Crippen molar-refractivity contribution in [3.63, 3.8) is 0 Å². The lowest BCUT2D eigenvalue weighted by atomic mass is 9.55. The van der Waals surface area contributed by atoms with E-state index in [-0.39, 0.29) is 0 Å². The molecule has 2 unspecified atom stereocenters. The van der Waals surface area contributed by atoms with Gasteiger partial charge in [-0.25, -0.2) is 0 Å². The van der Waals surface area contributed by atoms with E-state index in [9.17, 15) is 0 Å². The highest BCUT2D eigenvalue weighted by molar-refractivity contribution is 5.20. The van der Waals surface area contributed by atoms with Gasteiger partial charge in [0.05, 0.1) is 0 Å². The number of fused-ring (bicyclic) bond motifs is 1. The van der Waals surface area contributed by atoms with Gasteiger partial charge >= 0.3 is 0 Å². The maximum absolute atomic E-state index is 2.47. The SMILES string of the molecule is CC1=CCC2C(C)(C)CC=CC2(C)C1. The maximum atomic E-state index is 2.47. The summed E-state index contributed by atoms with van der Waals surface area (Å²) in [7, 11) is 0. The molecule has 0 aliphatic heterocycles. The smallest absolute Gasteiger partial charge is 0.00731 e. The van der Waals surface area contributed by atoms with Crippen molar-refractivity contribution in [2.24, 2.45) is 16.7 Å². The Balaban J connectivity index is 2.37. The van der Waals surface area contributed by atoms with E-state index in [0.717, 1.165) is 5.92 Å². The molecule has 0 aromatic rings. The van der Waals surface area contributed by atoms with E-state index in [0.29, 0.717) is 10.8 Å². The van der Waals surface area contributed by atoms with Gasteiger partial charge in [0.25, 0.3) is 0 Å². The second kappa shape index (κ2) is 2.98. The van der Waals surface area contributed by atoms with Crippen LogP contribution in [0.5, 0.6) is 0 Å². The Bertz CT molecular complexity index is 293. The van der Waals surface area contributed by atoms with Gasteiger partial charge in [0.15, 0.2) is 0 Å². The standard InChI is InChI=1S/C14H22/c1-11-6-7-12-13(2,3)8-5-9-14(12,4)10-11/h5-6,9,12H,7-8,10H2,1-4H3. The highest BCUT2D eigenvalue weighted by Gasteiger charge is 2.44. The molecule has 14 heavy (non-hydrogen) atoms. The summed E-state index contributed by atoms with van der Waals surface area (Å²) in [6.07, 6.45) is 11.1. The van der Waals surface area contributed by atoms with Crippen molar-refractivity contribution in [3.8, 4) is 0 Å². The average Bonchev–Trinajstić information content (AvgIpc) is 2.00. The van der Waals surface area contributed by atoms with Crippen LogP contribution in [0.3, 0.4) is 0 Å². The molecule has 2 rings (SSSR count). The molecule has 0 saturated carbocycles. The van der Waals surface area contributed by atoms with Crippen molar-refractivity contribution in [2.75, 3.05) is 0 Å². The number of hydrogen-bond acceptors (Lipinski definition) is 0.